The van der Waals surface area contributed by atoms with Gasteiger partial charge in [0.25, 0.3) is 0 Å². The van der Waals surface area contributed by atoms with Gasteiger partial charge in [0.15, 0.2) is 0 Å². The van der Waals surface area contributed by atoms with E-state index in [1.807, 2.05) is 0 Å². The Morgan fingerprint density at radius 3 is 2.70 bits per heavy atom. The number of aliphatic carboxylic acids is 1. The third kappa shape index (κ3) is 4.12. The average molecular weight is 301 g/mol. The van der Waals surface area contributed by atoms with Crippen LogP contribution >= 0.6 is 11.8 Å². The number of thioether (sulfide) groups is 1. The number of rotatable bonds is 6. The van der Waals surface area contributed by atoms with Crippen molar-refractivity contribution in [3.05, 3.63) is 0 Å². The number of carbonyl (C=O) groups excluding carboxylic acids is 1. The molecule has 0 radical (unpaired) electrons. The molecule has 0 aromatic carbocycles. The van der Waals surface area contributed by atoms with Crippen LogP contribution in [0.25, 0.3) is 0 Å². The van der Waals surface area contributed by atoms with E-state index in [4.69, 9.17) is 9.84 Å². The predicted octanol–water partition coefficient (Wildman–Crippen LogP) is 1.80. The van der Waals surface area contributed by atoms with Crippen LogP contribution < -0.4 is 5.32 Å². The first kappa shape index (κ1) is 15.6. The Morgan fingerprint density at radius 1 is 1.40 bits per heavy atom. The number of carboxylic acids is 1. The Morgan fingerprint density at radius 2 is 2.10 bits per heavy atom. The standard InChI is InChI=1S/C14H23NO4S/c1-10(16)15-12(13(17)18)9-20-8-11-4-7-14(19-11)5-2-3-6-14/h11-12H,2-9H2,1H3,(H,15,16)(H,17,18). The Bertz CT molecular complexity index is 368. The zero-order valence-electron chi connectivity index (χ0n) is 11.9. The second-order valence-electron chi connectivity index (χ2n) is 5.80. The lowest BCUT2D eigenvalue weighted by molar-refractivity contribution is -0.140. The van der Waals surface area contributed by atoms with E-state index in [9.17, 15) is 9.59 Å². The van der Waals surface area contributed by atoms with E-state index in [1.165, 1.54) is 32.6 Å². The van der Waals surface area contributed by atoms with Crippen LogP contribution in [0.3, 0.4) is 0 Å². The average Bonchev–Trinajstić information content (AvgIpc) is 2.99. The van der Waals surface area contributed by atoms with E-state index in [0.29, 0.717) is 5.75 Å². The van der Waals surface area contributed by atoms with Crippen molar-refractivity contribution < 1.29 is 19.4 Å². The monoisotopic (exact) mass is 301 g/mol. The minimum absolute atomic E-state index is 0.134. The van der Waals surface area contributed by atoms with Crippen molar-refractivity contribution >= 4 is 23.6 Å². The smallest absolute Gasteiger partial charge is 0.327 e. The van der Waals surface area contributed by atoms with Crippen molar-refractivity contribution in [1.29, 1.82) is 0 Å². The minimum atomic E-state index is -0.979. The first-order valence-corrected chi connectivity index (χ1v) is 8.42. The first-order valence-electron chi connectivity index (χ1n) is 7.26. The number of carboxylic acid groups (broad SMARTS) is 1. The van der Waals surface area contributed by atoms with Gasteiger partial charge in [-0.25, -0.2) is 4.79 Å². The van der Waals surface area contributed by atoms with Crippen molar-refractivity contribution in [2.24, 2.45) is 0 Å². The summed E-state index contributed by atoms with van der Waals surface area (Å²) in [7, 11) is 0. The van der Waals surface area contributed by atoms with Gasteiger partial charge in [-0.2, -0.15) is 11.8 Å². The fourth-order valence-corrected chi connectivity index (χ4v) is 4.23. The molecule has 1 spiro atoms. The van der Waals surface area contributed by atoms with Crippen molar-refractivity contribution in [2.45, 2.75) is 63.2 Å². The molecule has 2 rings (SSSR count). The second kappa shape index (κ2) is 6.80. The molecule has 1 saturated carbocycles. The van der Waals surface area contributed by atoms with Crippen LogP contribution in [0.15, 0.2) is 0 Å². The molecule has 1 saturated heterocycles. The molecular formula is C14H23NO4S. The van der Waals surface area contributed by atoms with Crippen LogP contribution in [0.5, 0.6) is 0 Å². The van der Waals surface area contributed by atoms with Crippen LogP contribution in [0.4, 0.5) is 0 Å². The Kier molecular flexibility index (Phi) is 5.32. The van der Waals surface area contributed by atoms with Gasteiger partial charge in [0.05, 0.1) is 11.7 Å². The molecule has 1 aliphatic heterocycles. The number of hydrogen-bond donors (Lipinski definition) is 2. The maximum absolute atomic E-state index is 11.0. The molecule has 2 atom stereocenters. The second-order valence-corrected chi connectivity index (χ2v) is 6.87. The van der Waals surface area contributed by atoms with E-state index in [1.54, 1.807) is 11.8 Å². The Hall–Kier alpha value is -0.750. The summed E-state index contributed by atoms with van der Waals surface area (Å²) < 4.78 is 6.18. The van der Waals surface area contributed by atoms with Gasteiger partial charge in [0, 0.05) is 18.4 Å². The van der Waals surface area contributed by atoms with Gasteiger partial charge in [0.1, 0.15) is 6.04 Å². The Balaban J connectivity index is 1.70. The van der Waals surface area contributed by atoms with Crippen molar-refractivity contribution in [3.8, 4) is 0 Å². The molecule has 0 aromatic heterocycles. The quantitative estimate of drug-likeness (QED) is 0.782. The highest BCUT2D eigenvalue weighted by molar-refractivity contribution is 7.99. The number of ether oxygens (including phenoxy) is 1. The van der Waals surface area contributed by atoms with Crippen molar-refractivity contribution in [1.82, 2.24) is 5.32 Å². The highest BCUT2D eigenvalue weighted by atomic mass is 32.2. The van der Waals surface area contributed by atoms with Crippen LogP contribution in [0.1, 0.15) is 45.4 Å². The maximum atomic E-state index is 11.0. The SMILES string of the molecule is CC(=O)NC(CSCC1CCC2(CCCC2)O1)C(=O)O. The molecule has 2 unspecified atom stereocenters. The van der Waals surface area contributed by atoms with E-state index >= 15 is 0 Å². The fourth-order valence-electron chi connectivity index (χ4n) is 3.14. The molecule has 0 aromatic rings. The molecule has 5 nitrogen and oxygen atoms in total. The normalized spacial score (nSPS) is 25.8. The van der Waals surface area contributed by atoms with Crippen LogP contribution in [0.2, 0.25) is 0 Å². The number of carbonyl (C=O) groups is 2. The third-order valence-corrected chi connectivity index (χ3v) is 5.29. The van der Waals surface area contributed by atoms with Crippen molar-refractivity contribution in [3.63, 3.8) is 0 Å². The first-order chi connectivity index (χ1) is 9.51. The van der Waals surface area contributed by atoms with E-state index in [0.717, 1.165) is 18.6 Å². The van der Waals surface area contributed by atoms with Gasteiger partial charge in [-0.05, 0) is 25.7 Å². The molecule has 20 heavy (non-hydrogen) atoms. The number of nitrogens with one attached hydrogen (secondary N) is 1. The summed E-state index contributed by atoms with van der Waals surface area (Å²) >= 11 is 1.55. The zero-order valence-corrected chi connectivity index (χ0v) is 12.7. The van der Waals surface area contributed by atoms with Gasteiger partial charge in [-0.1, -0.05) is 12.8 Å². The topological polar surface area (TPSA) is 75.6 Å². The molecule has 1 aliphatic carbocycles. The van der Waals surface area contributed by atoms with Gasteiger partial charge in [-0.3, -0.25) is 4.79 Å². The van der Waals surface area contributed by atoms with Crippen LogP contribution in [0, 0.1) is 0 Å². The highest BCUT2D eigenvalue weighted by Crippen LogP contribution is 2.43. The lowest BCUT2D eigenvalue weighted by Gasteiger charge is -2.23. The summed E-state index contributed by atoms with van der Waals surface area (Å²) in [5.74, 6) is -0.0836. The summed E-state index contributed by atoms with van der Waals surface area (Å²) in [4.78, 5) is 21.9. The van der Waals surface area contributed by atoms with Crippen LogP contribution in [-0.2, 0) is 14.3 Å². The number of amides is 1. The lowest BCUT2D eigenvalue weighted by Crippen LogP contribution is -2.41. The molecule has 1 heterocycles. The summed E-state index contributed by atoms with van der Waals surface area (Å²) in [6, 6.07) is -0.806. The van der Waals surface area contributed by atoms with Gasteiger partial charge in [0.2, 0.25) is 5.91 Å². The molecule has 1 amide bonds. The van der Waals surface area contributed by atoms with Gasteiger partial charge < -0.3 is 15.2 Å². The summed E-state index contributed by atoms with van der Waals surface area (Å²) in [6.45, 7) is 1.34. The predicted molar refractivity (Wildman–Crippen MR) is 77.9 cm³/mol. The third-order valence-electron chi connectivity index (χ3n) is 4.12. The molecular weight excluding hydrogens is 278 g/mol. The van der Waals surface area contributed by atoms with Gasteiger partial charge in [-0.15, -0.1) is 0 Å². The van der Waals surface area contributed by atoms with E-state index < -0.39 is 12.0 Å². The van der Waals surface area contributed by atoms with Gasteiger partial charge >= 0.3 is 5.97 Å². The zero-order chi connectivity index (χ0) is 14.6. The highest BCUT2D eigenvalue weighted by Gasteiger charge is 2.41. The summed E-state index contributed by atoms with van der Waals surface area (Å²) in [5, 5.41) is 11.5. The molecule has 2 N–H and O–H groups in total. The summed E-state index contributed by atoms with van der Waals surface area (Å²) in [5.41, 5.74) is 0.134. The fraction of sp³-hybridized carbons (Fsp3) is 0.857. The van der Waals surface area contributed by atoms with Crippen LogP contribution in [-0.4, -0.2) is 46.2 Å². The molecule has 0 bridgehead atoms. The largest absolute Gasteiger partial charge is 0.480 e. The lowest BCUT2D eigenvalue weighted by atomic mass is 9.98. The van der Waals surface area contributed by atoms with E-state index in [2.05, 4.69) is 5.32 Å². The maximum Gasteiger partial charge on any atom is 0.327 e. The minimum Gasteiger partial charge on any atom is -0.480 e. The summed E-state index contributed by atoms with van der Waals surface area (Å²) in [6.07, 6.45) is 7.35. The van der Waals surface area contributed by atoms with E-state index in [-0.39, 0.29) is 17.6 Å². The van der Waals surface area contributed by atoms with Crippen molar-refractivity contribution in [2.75, 3.05) is 11.5 Å². The Labute approximate surface area is 123 Å². The molecule has 2 aliphatic rings. The molecule has 114 valence electrons. The molecule has 2 fully saturated rings. The number of hydrogen-bond acceptors (Lipinski definition) is 4. The molecule has 6 heteroatoms.